The average molecular weight is 308 g/mol. The van der Waals surface area contributed by atoms with E-state index in [1.165, 1.54) is 0 Å². The molecular formula is C13H16N4OS2. The van der Waals surface area contributed by atoms with Gasteiger partial charge in [-0.2, -0.15) is 0 Å². The van der Waals surface area contributed by atoms with E-state index in [-0.39, 0.29) is 5.84 Å². The van der Waals surface area contributed by atoms with Crippen molar-refractivity contribution in [3.63, 3.8) is 0 Å². The third-order valence-electron chi connectivity index (χ3n) is 2.88. The highest BCUT2D eigenvalue weighted by Gasteiger charge is 2.16. The predicted molar refractivity (Wildman–Crippen MR) is 85.0 cm³/mol. The highest BCUT2D eigenvalue weighted by Crippen LogP contribution is 2.29. The van der Waals surface area contributed by atoms with E-state index < -0.39 is 0 Å². The lowest BCUT2D eigenvalue weighted by Gasteiger charge is -2.22. The van der Waals surface area contributed by atoms with E-state index in [2.05, 4.69) is 10.1 Å². The lowest BCUT2D eigenvalue weighted by Crippen LogP contribution is -2.23. The van der Waals surface area contributed by atoms with Crippen LogP contribution in [-0.4, -0.2) is 29.3 Å². The lowest BCUT2D eigenvalue weighted by molar-refractivity contribution is 0.318. The minimum atomic E-state index is 0.120. The summed E-state index contributed by atoms with van der Waals surface area (Å²) in [7, 11) is 1.97. The van der Waals surface area contributed by atoms with E-state index >= 15 is 0 Å². The van der Waals surface area contributed by atoms with Gasteiger partial charge < -0.3 is 15.8 Å². The van der Waals surface area contributed by atoms with Gasteiger partial charge >= 0.3 is 0 Å². The number of rotatable bonds is 5. The Morgan fingerprint density at radius 2 is 2.35 bits per heavy atom. The number of hydrogen-bond donors (Lipinski definition) is 2. The second-order valence-electron chi connectivity index (χ2n) is 4.18. The first-order valence-electron chi connectivity index (χ1n) is 5.90. The molecule has 0 saturated carbocycles. The molecule has 0 amide bonds. The number of amidine groups is 1. The van der Waals surface area contributed by atoms with Crippen molar-refractivity contribution in [2.24, 2.45) is 10.9 Å². The Labute approximate surface area is 126 Å². The fourth-order valence-corrected chi connectivity index (χ4v) is 3.14. The van der Waals surface area contributed by atoms with E-state index in [0.717, 1.165) is 21.8 Å². The van der Waals surface area contributed by atoms with Crippen LogP contribution < -0.4 is 10.6 Å². The van der Waals surface area contributed by atoms with Crippen LogP contribution in [0.3, 0.4) is 0 Å². The van der Waals surface area contributed by atoms with Crippen molar-refractivity contribution in [1.29, 1.82) is 0 Å². The molecule has 0 fully saturated rings. The Kier molecular flexibility index (Phi) is 4.86. The molecule has 0 saturated heterocycles. The number of thioether (sulfide) groups is 1. The number of benzene rings is 1. The zero-order chi connectivity index (χ0) is 14.5. The second-order valence-corrected chi connectivity index (χ2v) is 5.74. The maximum atomic E-state index is 9.00. The van der Waals surface area contributed by atoms with E-state index in [1.807, 2.05) is 47.3 Å². The largest absolute Gasteiger partial charge is 0.409 e. The monoisotopic (exact) mass is 308 g/mol. The molecule has 1 heterocycles. The van der Waals surface area contributed by atoms with Gasteiger partial charge in [0, 0.05) is 23.0 Å². The molecule has 0 aliphatic carbocycles. The first kappa shape index (κ1) is 14.7. The molecule has 2 rings (SSSR count). The van der Waals surface area contributed by atoms with Crippen LogP contribution in [0.1, 0.15) is 11.3 Å². The Morgan fingerprint density at radius 3 is 2.95 bits per heavy atom. The summed E-state index contributed by atoms with van der Waals surface area (Å²) in [6.07, 6.45) is 1.97. The molecule has 0 bridgehead atoms. The lowest BCUT2D eigenvalue weighted by atomic mass is 10.1. The average Bonchev–Trinajstić information content (AvgIpc) is 2.98. The molecule has 20 heavy (non-hydrogen) atoms. The van der Waals surface area contributed by atoms with E-state index in [0.29, 0.717) is 6.54 Å². The highest BCUT2D eigenvalue weighted by molar-refractivity contribution is 7.98. The molecule has 0 unspecified atom stereocenters. The number of anilines is 1. The van der Waals surface area contributed by atoms with Gasteiger partial charge in [0.2, 0.25) is 0 Å². The summed E-state index contributed by atoms with van der Waals surface area (Å²) in [5.41, 5.74) is 10.3. The van der Waals surface area contributed by atoms with Gasteiger partial charge in [0.05, 0.1) is 23.3 Å². The number of nitrogens with zero attached hydrogens (tertiary/aromatic N) is 3. The molecule has 7 heteroatoms. The molecule has 106 valence electrons. The molecule has 0 spiro atoms. The van der Waals surface area contributed by atoms with Crippen molar-refractivity contribution in [3.05, 3.63) is 40.3 Å². The Morgan fingerprint density at radius 1 is 1.55 bits per heavy atom. The van der Waals surface area contributed by atoms with E-state index in [1.54, 1.807) is 23.1 Å². The van der Waals surface area contributed by atoms with Crippen molar-refractivity contribution in [2.75, 3.05) is 18.2 Å². The van der Waals surface area contributed by atoms with Crippen molar-refractivity contribution in [2.45, 2.75) is 11.4 Å². The normalized spacial score (nSPS) is 11.6. The van der Waals surface area contributed by atoms with Crippen LogP contribution >= 0.6 is 23.1 Å². The number of nitrogens with two attached hydrogens (primary N) is 1. The van der Waals surface area contributed by atoms with Crippen LogP contribution in [0.15, 0.2) is 39.1 Å². The fourth-order valence-electron chi connectivity index (χ4n) is 1.96. The summed E-state index contributed by atoms with van der Waals surface area (Å²) in [4.78, 5) is 7.30. The van der Waals surface area contributed by atoms with Crippen LogP contribution in [0.4, 0.5) is 5.69 Å². The van der Waals surface area contributed by atoms with Gasteiger partial charge in [-0.1, -0.05) is 11.2 Å². The topological polar surface area (TPSA) is 74.7 Å². The molecule has 0 radical (unpaired) electrons. The Balaban J connectivity index is 2.39. The first-order valence-corrected chi connectivity index (χ1v) is 8.07. The van der Waals surface area contributed by atoms with Crippen LogP contribution in [0.5, 0.6) is 0 Å². The minimum absolute atomic E-state index is 0.120. The van der Waals surface area contributed by atoms with Gasteiger partial charge in [-0.15, -0.1) is 23.1 Å². The SMILES string of the molecule is CSc1cccc(N(C)Cc2cscn2)c1/C(N)=N/O. The zero-order valence-corrected chi connectivity index (χ0v) is 12.9. The predicted octanol–water partition coefficient (Wildman–Crippen LogP) is 2.60. The molecule has 2 aromatic rings. The summed E-state index contributed by atoms with van der Waals surface area (Å²) in [5, 5.41) is 14.2. The van der Waals surface area contributed by atoms with Gasteiger partial charge in [-0.05, 0) is 18.4 Å². The van der Waals surface area contributed by atoms with Crippen molar-refractivity contribution in [3.8, 4) is 0 Å². The molecule has 0 atom stereocenters. The molecule has 3 N–H and O–H groups in total. The summed E-state index contributed by atoms with van der Waals surface area (Å²) >= 11 is 3.14. The van der Waals surface area contributed by atoms with Crippen molar-refractivity contribution >= 4 is 34.6 Å². The summed E-state index contributed by atoms with van der Waals surface area (Å²) in [5.74, 6) is 0.120. The molecular weight excluding hydrogens is 292 g/mol. The molecule has 1 aromatic heterocycles. The highest BCUT2D eigenvalue weighted by atomic mass is 32.2. The van der Waals surface area contributed by atoms with Gasteiger partial charge in [0.15, 0.2) is 5.84 Å². The minimum Gasteiger partial charge on any atom is -0.409 e. The van der Waals surface area contributed by atoms with E-state index in [4.69, 9.17) is 10.9 Å². The van der Waals surface area contributed by atoms with Crippen molar-refractivity contribution in [1.82, 2.24) is 4.98 Å². The van der Waals surface area contributed by atoms with E-state index in [9.17, 15) is 0 Å². The first-order chi connectivity index (χ1) is 9.67. The maximum Gasteiger partial charge on any atom is 0.173 e. The number of thiazole rings is 1. The number of hydrogen-bond acceptors (Lipinski definition) is 6. The van der Waals surface area contributed by atoms with Gasteiger partial charge in [-0.25, -0.2) is 4.98 Å². The quantitative estimate of drug-likeness (QED) is 0.292. The van der Waals surface area contributed by atoms with Gasteiger partial charge in [0.1, 0.15) is 0 Å². The van der Waals surface area contributed by atoms with Crippen LogP contribution in [0.2, 0.25) is 0 Å². The molecule has 1 aromatic carbocycles. The number of aromatic nitrogens is 1. The van der Waals surface area contributed by atoms with Gasteiger partial charge in [-0.3, -0.25) is 0 Å². The third kappa shape index (κ3) is 3.05. The summed E-state index contributed by atoms with van der Waals surface area (Å²) < 4.78 is 0. The standard InChI is InChI=1S/C13H16N4OS2/c1-17(6-9-7-20-8-15-9)10-4-3-5-11(19-2)12(10)13(14)16-18/h3-5,7-8,18H,6H2,1-2H3,(H2,14,16). The zero-order valence-electron chi connectivity index (χ0n) is 11.3. The Hall–Kier alpha value is -1.73. The number of oxime groups is 1. The summed E-state index contributed by atoms with van der Waals surface area (Å²) in [6, 6.07) is 5.88. The molecule has 5 nitrogen and oxygen atoms in total. The maximum absolute atomic E-state index is 9.00. The second kappa shape index (κ2) is 6.62. The van der Waals surface area contributed by atoms with Crippen molar-refractivity contribution < 1.29 is 5.21 Å². The smallest absolute Gasteiger partial charge is 0.173 e. The summed E-state index contributed by atoms with van der Waals surface area (Å²) in [6.45, 7) is 0.674. The molecule has 0 aliphatic rings. The molecule has 0 aliphatic heterocycles. The van der Waals surface area contributed by atoms with Crippen LogP contribution in [-0.2, 0) is 6.54 Å². The third-order valence-corrected chi connectivity index (χ3v) is 4.30. The fraction of sp³-hybridized carbons (Fsp3) is 0.231. The Bertz CT molecular complexity index is 598. The van der Waals surface area contributed by atoms with Gasteiger partial charge in [0.25, 0.3) is 0 Å². The van der Waals surface area contributed by atoms with Crippen LogP contribution in [0.25, 0.3) is 0 Å². The van der Waals surface area contributed by atoms with Crippen LogP contribution in [0, 0.1) is 0 Å².